The molecule has 1 aliphatic rings. The minimum atomic E-state index is -0.0469. The number of aromatic nitrogens is 3. The molecule has 4 heterocycles. The topological polar surface area (TPSA) is 89.3 Å². The van der Waals surface area contributed by atoms with Crippen LogP contribution in [0.15, 0.2) is 29.8 Å². The first-order valence-corrected chi connectivity index (χ1v) is 11.9. The average molecular weight is 456 g/mol. The Hall–Kier alpha value is -2.78. The molecule has 4 rings (SSSR count). The second kappa shape index (κ2) is 10.2. The number of carbonyl (C=O) groups is 2. The zero-order valence-corrected chi connectivity index (χ0v) is 19.4. The Kier molecular flexibility index (Phi) is 7.16. The van der Waals surface area contributed by atoms with E-state index < -0.39 is 0 Å². The molecule has 0 spiro atoms. The van der Waals surface area contributed by atoms with Crippen LogP contribution in [0.3, 0.4) is 0 Å². The average Bonchev–Trinajstić information content (AvgIpc) is 3.46. The normalized spacial score (nSPS) is 14.8. The molecule has 0 atom stereocenters. The number of ether oxygens (including phenoxy) is 1. The van der Waals surface area contributed by atoms with E-state index in [2.05, 4.69) is 21.5 Å². The summed E-state index contributed by atoms with van der Waals surface area (Å²) in [6.07, 6.45) is 3.89. The van der Waals surface area contributed by atoms with E-state index in [1.807, 2.05) is 34.0 Å². The standard InChI is InChI=1S/C23H29N5O3S/c1-16-13-19(20-14-25-28(21(20)26-16)15-18-5-3-12-32-18)23(30)27-9-6-17(7-10-27)22(29)24-8-4-11-31-2/h3,5,12-14,17H,4,6-11,15H2,1-2H3,(H,24,29). The highest BCUT2D eigenvalue weighted by Crippen LogP contribution is 2.24. The summed E-state index contributed by atoms with van der Waals surface area (Å²) < 4.78 is 6.86. The summed E-state index contributed by atoms with van der Waals surface area (Å²) in [6, 6.07) is 5.93. The van der Waals surface area contributed by atoms with Crippen LogP contribution in [0.1, 0.15) is 40.2 Å². The number of methoxy groups -OCH3 is 1. The molecule has 9 heteroatoms. The van der Waals surface area contributed by atoms with Gasteiger partial charge in [-0.05, 0) is 43.7 Å². The molecule has 0 aliphatic carbocycles. The van der Waals surface area contributed by atoms with Crippen molar-refractivity contribution >= 4 is 34.2 Å². The number of nitrogens with one attached hydrogen (secondary N) is 1. The Morgan fingerprint density at radius 1 is 1.31 bits per heavy atom. The molecule has 8 nitrogen and oxygen atoms in total. The maximum atomic E-state index is 13.4. The summed E-state index contributed by atoms with van der Waals surface area (Å²) in [4.78, 5) is 33.4. The van der Waals surface area contributed by atoms with Crippen LogP contribution in [0, 0.1) is 12.8 Å². The second-order valence-electron chi connectivity index (χ2n) is 8.13. The van der Waals surface area contributed by atoms with Gasteiger partial charge in [0.25, 0.3) is 5.91 Å². The number of nitrogens with zero attached hydrogens (tertiary/aromatic N) is 4. The molecular weight excluding hydrogens is 426 g/mol. The molecule has 0 aromatic carbocycles. The van der Waals surface area contributed by atoms with Crippen LogP contribution in [-0.4, -0.2) is 64.8 Å². The minimum absolute atomic E-state index is 0.0184. The van der Waals surface area contributed by atoms with Crippen molar-refractivity contribution in [2.24, 2.45) is 5.92 Å². The molecule has 1 N–H and O–H groups in total. The molecule has 3 aromatic heterocycles. The van der Waals surface area contributed by atoms with E-state index in [9.17, 15) is 9.59 Å². The van der Waals surface area contributed by atoms with Crippen molar-refractivity contribution in [3.05, 3.63) is 45.9 Å². The van der Waals surface area contributed by atoms with Crippen LogP contribution in [0.4, 0.5) is 0 Å². The number of pyridine rings is 1. The monoisotopic (exact) mass is 455 g/mol. The summed E-state index contributed by atoms with van der Waals surface area (Å²) in [6.45, 7) is 4.93. The zero-order chi connectivity index (χ0) is 22.5. The van der Waals surface area contributed by atoms with Crippen molar-refractivity contribution in [3.8, 4) is 0 Å². The van der Waals surface area contributed by atoms with Crippen molar-refractivity contribution in [2.75, 3.05) is 33.4 Å². The lowest BCUT2D eigenvalue weighted by Crippen LogP contribution is -2.43. The SMILES string of the molecule is COCCCNC(=O)C1CCN(C(=O)c2cc(C)nc3c2cnn3Cc2cccs2)CC1. The van der Waals surface area contributed by atoms with E-state index in [-0.39, 0.29) is 17.7 Å². The van der Waals surface area contributed by atoms with Crippen molar-refractivity contribution < 1.29 is 14.3 Å². The second-order valence-corrected chi connectivity index (χ2v) is 9.17. The molecular formula is C23H29N5O3S. The predicted octanol–water partition coefficient (Wildman–Crippen LogP) is 2.85. The summed E-state index contributed by atoms with van der Waals surface area (Å²) in [5.41, 5.74) is 2.15. The maximum absolute atomic E-state index is 13.4. The Morgan fingerprint density at radius 2 is 2.12 bits per heavy atom. The van der Waals surface area contributed by atoms with Crippen LogP contribution in [0.25, 0.3) is 11.0 Å². The first-order valence-electron chi connectivity index (χ1n) is 11.0. The summed E-state index contributed by atoms with van der Waals surface area (Å²) in [7, 11) is 1.65. The van der Waals surface area contributed by atoms with Crippen molar-refractivity contribution in [1.29, 1.82) is 0 Å². The van der Waals surface area contributed by atoms with Crippen LogP contribution >= 0.6 is 11.3 Å². The van der Waals surface area contributed by atoms with Gasteiger partial charge in [-0.25, -0.2) is 9.67 Å². The summed E-state index contributed by atoms with van der Waals surface area (Å²) >= 11 is 1.67. The minimum Gasteiger partial charge on any atom is -0.385 e. The van der Waals surface area contributed by atoms with Crippen LogP contribution in [-0.2, 0) is 16.1 Å². The number of fused-ring (bicyclic) bond motifs is 1. The van der Waals surface area contributed by atoms with Gasteiger partial charge in [0.1, 0.15) is 0 Å². The highest BCUT2D eigenvalue weighted by Gasteiger charge is 2.29. The number of piperidine rings is 1. The summed E-state index contributed by atoms with van der Waals surface area (Å²) in [5.74, 6) is 0.00895. The smallest absolute Gasteiger partial charge is 0.254 e. The number of thiophene rings is 1. The van der Waals surface area contributed by atoms with Gasteiger partial charge in [0, 0.05) is 49.8 Å². The Labute approximate surface area is 191 Å². The van der Waals surface area contributed by atoms with Crippen molar-refractivity contribution in [3.63, 3.8) is 0 Å². The van der Waals surface area contributed by atoms with Crippen LogP contribution < -0.4 is 5.32 Å². The Morgan fingerprint density at radius 3 is 2.84 bits per heavy atom. The molecule has 3 aromatic rings. The maximum Gasteiger partial charge on any atom is 0.254 e. The van der Waals surface area contributed by atoms with Crippen LogP contribution in [0.5, 0.6) is 0 Å². The molecule has 32 heavy (non-hydrogen) atoms. The molecule has 0 unspecified atom stereocenters. The van der Waals surface area contributed by atoms with Gasteiger partial charge in [-0.15, -0.1) is 11.3 Å². The largest absolute Gasteiger partial charge is 0.385 e. The Bertz CT molecular complexity index is 1070. The van der Waals surface area contributed by atoms with Gasteiger partial charge in [-0.1, -0.05) is 6.07 Å². The fourth-order valence-corrected chi connectivity index (χ4v) is 4.79. The number of hydrogen-bond acceptors (Lipinski definition) is 6. The third-order valence-electron chi connectivity index (χ3n) is 5.83. The van der Waals surface area contributed by atoms with Gasteiger partial charge in [-0.3, -0.25) is 9.59 Å². The van der Waals surface area contributed by atoms with Gasteiger partial charge < -0.3 is 15.0 Å². The molecule has 170 valence electrons. The highest BCUT2D eigenvalue weighted by atomic mass is 32.1. The molecule has 0 radical (unpaired) electrons. The molecule has 0 bridgehead atoms. The number of hydrogen-bond donors (Lipinski definition) is 1. The molecule has 0 saturated carbocycles. The summed E-state index contributed by atoms with van der Waals surface area (Å²) in [5, 5.41) is 10.3. The third kappa shape index (κ3) is 4.99. The molecule has 1 fully saturated rings. The van der Waals surface area contributed by atoms with E-state index in [0.717, 1.165) is 23.1 Å². The van der Waals surface area contributed by atoms with E-state index in [1.165, 1.54) is 4.88 Å². The molecule has 1 aliphatic heterocycles. The number of likely N-dealkylation sites (tertiary alicyclic amines) is 1. The van der Waals surface area contributed by atoms with E-state index >= 15 is 0 Å². The van der Waals surface area contributed by atoms with Gasteiger partial charge in [0.2, 0.25) is 5.91 Å². The number of aryl methyl sites for hydroxylation is 1. The first-order chi connectivity index (χ1) is 15.6. The third-order valence-corrected chi connectivity index (χ3v) is 6.69. The number of amides is 2. The fraction of sp³-hybridized carbons (Fsp3) is 0.478. The van der Waals surface area contributed by atoms with Crippen LogP contribution in [0.2, 0.25) is 0 Å². The Balaban J connectivity index is 1.43. The lowest BCUT2D eigenvalue weighted by molar-refractivity contribution is -0.126. The van der Waals surface area contributed by atoms with Gasteiger partial charge in [-0.2, -0.15) is 5.10 Å². The van der Waals surface area contributed by atoms with Crippen molar-refractivity contribution in [1.82, 2.24) is 25.0 Å². The number of rotatable bonds is 8. The van der Waals surface area contributed by atoms with Gasteiger partial charge in [0.15, 0.2) is 5.65 Å². The van der Waals surface area contributed by atoms with Gasteiger partial charge >= 0.3 is 0 Å². The molecule has 2 amide bonds. The predicted molar refractivity (Wildman–Crippen MR) is 124 cm³/mol. The van der Waals surface area contributed by atoms with Crippen molar-refractivity contribution in [2.45, 2.75) is 32.7 Å². The van der Waals surface area contributed by atoms with E-state index in [0.29, 0.717) is 51.2 Å². The lowest BCUT2D eigenvalue weighted by Gasteiger charge is -2.31. The first kappa shape index (κ1) is 22.4. The fourth-order valence-electron chi connectivity index (χ4n) is 4.10. The quantitative estimate of drug-likeness (QED) is 0.528. The highest BCUT2D eigenvalue weighted by molar-refractivity contribution is 7.09. The van der Waals surface area contributed by atoms with E-state index in [1.54, 1.807) is 24.6 Å². The van der Waals surface area contributed by atoms with Gasteiger partial charge in [0.05, 0.1) is 23.7 Å². The van der Waals surface area contributed by atoms with E-state index in [4.69, 9.17) is 4.74 Å². The molecule has 1 saturated heterocycles. The zero-order valence-electron chi connectivity index (χ0n) is 18.5. The lowest BCUT2D eigenvalue weighted by atomic mass is 9.95. The number of carbonyl (C=O) groups excluding carboxylic acids is 2.